The highest BCUT2D eigenvalue weighted by Gasteiger charge is 2.26. The van der Waals surface area contributed by atoms with E-state index in [1.165, 1.54) is 5.56 Å². The number of hydrogen-bond donors (Lipinski definition) is 2. The average molecular weight is 743 g/mol. The van der Waals surface area contributed by atoms with Crippen molar-refractivity contribution >= 4 is 28.5 Å². The van der Waals surface area contributed by atoms with E-state index in [2.05, 4.69) is 85.4 Å². The monoisotopic (exact) mass is 742 g/mol. The van der Waals surface area contributed by atoms with Crippen LogP contribution in [0.1, 0.15) is 75.4 Å². The van der Waals surface area contributed by atoms with E-state index in [0.29, 0.717) is 50.4 Å². The van der Waals surface area contributed by atoms with Gasteiger partial charge < -0.3 is 25.6 Å². The second kappa shape index (κ2) is 17.1. The molecule has 2 fully saturated rings. The number of aryl methyl sites for hydroxylation is 3. The Balaban J connectivity index is 1.27. The van der Waals surface area contributed by atoms with E-state index in [1.807, 2.05) is 15.8 Å². The van der Waals surface area contributed by atoms with Crippen LogP contribution in [0.3, 0.4) is 0 Å². The van der Waals surface area contributed by atoms with Crippen molar-refractivity contribution in [1.29, 1.82) is 0 Å². The van der Waals surface area contributed by atoms with E-state index in [-0.39, 0.29) is 11.9 Å². The summed E-state index contributed by atoms with van der Waals surface area (Å²) in [6.45, 7) is 14.3. The van der Waals surface area contributed by atoms with Gasteiger partial charge in [0.15, 0.2) is 5.65 Å². The van der Waals surface area contributed by atoms with Gasteiger partial charge in [-0.25, -0.2) is 9.67 Å². The van der Waals surface area contributed by atoms with Crippen LogP contribution in [0.2, 0.25) is 0 Å². The topological polar surface area (TPSA) is 122 Å². The average Bonchev–Trinajstić information content (AvgIpc) is 3.63. The minimum absolute atomic E-state index is 0.189. The van der Waals surface area contributed by atoms with Crippen LogP contribution in [0.5, 0.6) is 0 Å². The number of ether oxygens (including phenoxy) is 1. The number of pyridine rings is 1. The number of likely N-dealkylation sites (N-methyl/N-ethyl adjacent to an activating group) is 1. The molecule has 288 valence electrons. The lowest BCUT2D eigenvalue weighted by atomic mass is 9.97. The van der Waals surface area contributed by atoms with Gasteiger partial charge in [-0.2, -0.15) is 5.10 Å². The smallest absolute Gasteiger partial charge is 0.254 e. The van der Waals surface area contributed by atoms with Gasteiger partial charge in [-0.05, 0) is 98.3 Å². The normalized spacial score (nSPS) is 15.7. The van der Waals surface area contributed by atoms with E-state index < -0.39 is 5.91 Å². The van der Waals surface area contributed by atoms with Crippen molar-refractivity contribution in [3.05, 3.63) is 112 Å². The molecular weight excluding hydrogens is 689 g/mol. The van der Waals surface area contributed by atoms with Gasteiger partial charge in [0.05, 0.1) is 23.8 Å². The maximum atomic E-state index is 14.8. The third kappa shape index (κ3) is 8.75. The summed E-state index contributed by atoms with van der Waals surface area (Å²) in [5.41, 5.74) is 15.8. The highest BCUT2D eigenvalue weighted by Crippen LogP contribution is 2.34. The van der Waals surface area contributed by atoms with E-state index >= 15 is 0 Å². The molecule has 0 spiro atoms. The molecule has 3 N–H and O–H groups in total. The molecule has 2 aromatic heterocycles. The molecule has 2 amide bonds. The number of rotatable bonds is 13. The van der Waals surface area contributed by atoms with Crippen LogP contribution in [-0.2, 0) is 37.3 Å². The fraction of sp³-hybridized carbons (Fsp3) is 0.409. The molecule has 5 aromatic rings. The zero-order chi connectivity index (χ0) is 38.5. The molecule has 2 saturated heterocycles. The fourth-order valence-electron chi connectivity index (χ4n) is 7.80. The van der Waals surface area contributed by atoms with Crippen LogP contribution < -0.4 is 11.1 Å². The number of primary amides is 1. The first kappa shape index (κ1) is 38.2. The van der Waals surface area contributed by atoms with E-state index in [9.17, 15) is 9.59 Å². The molecule has 11 heteroatoms. The van der Waals surface area contributed by atoms with Gasteiger partial charge in [-0.1, -0.05) is 43.3 Å². The Morgan fingerprint density at radius 3 is 2.42 bits per heavy atom. The molecule has 55 heavy (non-hydrogen) atoms. The molecule has 2 aliphatic heterocycles. The standard InChI is InChI=1S/C44H54N8O3/c1-5-40-39(41(47-37-15-21-55-22-16-37)38-26-46-52(6-2)43(38)48-40)29-51(44(54)35-12-8-11-34(25-35)42(45)53)28-36-24-33(14-13-30(36)3)32-10-7-9-31(23-32)27-50-19-17-49(4)18-20-50/h7-14,23-26,37H,5-6,15-22,27-29H2,1-4H3,(H2,45,53)(H,47,48). The summed E-state index contributed by atoms with van der Waals surface area (Å²) >= 11 is 0. The Morgan fingerprint density at radius 1 is 0.927 bits per heavy atom. The maximum Gasteiger partial charge on any atom is 0.254 e. The maximum absolute atomic E-state index is 14.8. The van der Waals surface area contributed by atoms with Crippen LogP contribution in [0.15, 0.2) is 72.9 Å². The van der Waals surface area contributed by atoms with Crippen molar-refractivity contribution in [3.8, 4) is 11.1 Å². The number of nitrogens with two attached hydrogens (primary N) is 1. The fourth-order valence-corrected chi connectivity index (χ4v) is 7.80. The summed E-state index contributed by atoms with van der Waals surface area (Å²) in [4.78, 5) is 38.9. The van der Waals surface area contributed by atoms with Crippen molar-refractivity contribution in [3.63, 3.8) is 0 Å². The lowest BCUT2D eigenvalue weighted by Crippen LogP contribution is -2.43. The number of aromatic nitrogens is 3. The molecule has 4 heterocycles. The largest absolute Gasteiger partial charge is 0.381 e. The number of nitrogens with zero attached hydrogens (tertiary/aromatic N) is 6. The van der Waals surface area contributed by atoms with Gasteiger partial charge in [-0.15, -0.1) is 0 Å². The predicted molar refractivity (Wildman–Crippen MR) is 218 cm³/mol. The minimum Gasteiger partial charge on any atom is -0.381 e. The first-order chi connectivity index (χ1) is 26.7. The van der Waals surface area contributed by atoms with Gasteiger partial charge in [0.25, 0.3) is 5.91 Å². The number of hydrogen-bond acceptors (Lipinski definition) is 8. The Kier molecular flexibility index (Phi) is 11.9. The number of nitrogens with one attached hydrogen (secondary N) is 1. The quantitative estimate of drug-likeness (QED) is 0.145. The third-order valence-corrected chi connectivity index (χ3v) is 11.2. The van der Waals surface area contributed by atoms with E-state index in [0.717, 1.165) is 95.8 Å². The number of anilines is 1. The molecule has 0 bridgehead atoms. The molecule has 0 unspecified atom stereocenters. The molecule has 0 radical (unpaired) electrons. The SMILES string of the molecule is CCc1nc2c(cnn2CC)c(NC2CCOCC2)c1CN(Cc1cc(-c2cccc(CN3CCN(C)CC3)c2)ccc1C)C(=O)c1cccc(C(N)=O)c1. The number of piperazine rings is 1. The third-order valence-electron chi connectivity index (χ3n) is 11.2. The number of amides is 2. The van der Waals surface area contributed by atoms with Gasteiger partial charge in [0.2, 0.25) is 5.91 Å². The van der Waals surface area contributed by atoms with Crippen LogP contribution in [0.25, 0.3) is 22.2 Å². The Bertz CT molecular complexity index is 2150. The lowest BCUT2D eigenvalue weighted by Gasteiger charge is -2.32. The number of benzene rings is 3. The Morgan fingerprint density at radius 2 is 1.67 bits per heavy atom. The number of carbonyl (C=O) groups excluding carboxylic acids is 2. The van der Waals surface area contributed by atoms with Gasteiger partial charge >= 0.3 is 0 Å². The van der Waals surface area contributed by atoms with Crippen molar-refractivity contribution in [2.24, 2.45) is 5.73 Å². The first-order valence-corrected chi connectivity index (χ1v) is 19.7. The Hall–Kier alpha value is -5.10. The molecule has 0 saturated carbocycles. The van der Waals surface area contributed by atoms with Crippen LogP contribution in [0, 0.1) is 6.92 Å². The second-order valence-corrected chi connectivity index (χ2v) is 15.0. The van der Waals surface area contributed by atoms with E-state index in [1.54, 1.807) is 24.3 Å². The number of carbonyl (C=O) groups is 2. The summed E-state index contributed by atoms with van der Waals surface area (Å²) in [5.74, 6) is -0.760. The van der Waals surface area contributed by atoms with E-state index in [4.69, 9.17) is 20.6 Å². The molecule has 0 aliphatic carbocycles. The van der Waals surface area contributed by atoms with Crippen LogP contribution in [0.4, 0.5) is 5.69 Å². The molecule has 11 nitrogen and oxygen atoms in total. The van der Waals surface area contributed by atoms with Gasteiger partial charge in [0.1, 0.15) is 0 Å². The molecular formula is C44H54N8O3. The summed E-state index contributed by atoms with van der Waals surface area (Å²) in [6.07, 6.45) is 4.35. The summed E-state index contributed by atoms with van der Waals surface area (Å²) in [5, 5.41) is 9.51. The van der Waals surface area contributed by atoms with Gasteiger partial charge in [0, 0.05) is 87.5 Å². The summed E-state index contributed by atoms with van der Waals surface area (Å²) in [7, 11) is 2.18. The van der Waals surface area contributed by atoms with Crippen LogP contribution in [-0.4, -0.2) is 93.8 Å². The summed E-state index contributed by atoms with van der Waals surface area (Å²) in [6, 6.07) is 22.3. The van der Waals surface area contributed by atoms with Crippen LogP contribution >= 0.6 is 0 Å². The lowest BCUT2D eigenvalue weighted by molar-refractivity contribution is 0.0729. The van der Waals surface area contributed by atoms with Crippen molar-refractivity contribution in [2.75, 3.05) is 51.8 Å². The molecule has 7 rings (SSSR count). The number of fused-ring (bicyclic) bond motifs is 1. The first-order valence-electron chi connectivity index (χ1n) is 19.7. The molecule has 3 aromatic carbocycles. The van der Waals surface area contributed by atoms with Crippen molar-refractivity contribution in [1.82, 2.24) is 29.5 Å². The molecule has 2 aliphatic rings. The summed E-state index contributed by atoms with van der Waals surface area (Å²) < 4.78 is 7.63. The second-order valence-electron chi connectivity index (χ2n) is 15.0. The van der Waals surface area contributed by atoms with Gasteiger partial charge in [-0.3, -0.25) is 14.5 Å². The highest BCUT2D eigenvalue weighted by atomic mass is 16.5. The zero-order valence-corrected chi connectivity index (χ0v) is 32.7. The Labute approximate surface area is 324 Å². The predicted octanol–water partition coefficient (Wildman–Crippen LogP) is 6.27. The molecule has 0 atom stereocenters. The van der Waals surface area contributed by atoms with Crippen molar-refractivity contribution < 1.29 is 14.3 Å². The highest BCUT2D eigenvalue weighted by molar-refractivity contribution is 5.99. The minimum atomic E-state index is -0.571. The van der Waals surface area contributed by atoms with Crippen molar-refractivity contribution in [2.45, 2.75) is 72.3 Å². The zero-order valence-electron chi connectivity index (χ0n) is 32.7.